The van der Waals surface area contributed by atoms with E-state index >= 15 is 0 Å². The molecule has 0 aliphatic rings. The lowest BCUT2D eigenvalue weighted by Gasteiger charge is -2.10. The van der Waals surface area contributed by atoms with Crippen molar-refractivity contribution < 1.29 is 13.2 Å². The lowest BCUT2D eigenvalue weighted by molar-refractivity contribution is 0.413. The van der Waals surface area contributed by atoms with E-state index in [2.05, 4.69) is 4.72 Å². The van der Waals surface area contributed by atoms with Crippen LogP contribution in [0.1, 0.15) is 5.56 Å². The molecule has 90 valence electrons. The van der Waals surface area contributed by atoms with Crippen molar-refractivity contribution in [3.63, 3.8) is 0 Å². The molecule has 0 saturated heterocycles. The van der Waals surface area contributed by atoms with Gasteiger partial charge in [0.25, 0.3) is 0 Å². The van der Waals surface area contributed by atoms with Gasteiger partial charge in [0.2, 0.25) is 10.0 Å². The molecule has 0 radical (unpaired) electrons. The van der Waals surface area contributed by atoms with Crippen molar-refractivity contribution in [3.05, 3.63) is 23.8 Å². The molecule has 0 fully saturated rings. The number of methoxy groups -OCH3 is 1. The molecule has 1 aromatic rings. The molecular weight excluding hydrogens is 228 g/mol. The number of nitrogens with one attached hydrogen (secondary N) is 1. The van der Waals surface area contributed by atoms with Gasteiger partial charge in [0.1, 0.15) is 5.75 Å². The van der Waals surface area contributed by atoms with Gasteiger partial charge in [-0.3, -0.25) is 0 Å². The Morgan fingerprint density at radius 1 is 1.44 bits per heavy atom. The van der Waals surface area contributed by atoms with E-state index in [1.165, 1.54) is 20.2 Å². The second-order valence-electron chi connectivity index (χ2n) is 3.22. The lowest BCUT2D eigenvalue weighted by Crippen LogP contribution is -2.21. The van der Waals surface area contributed by atoms with E-state index in [1.807, 2.05) is 0 Å². The number of sulfonamides is 1. The number of rotatable bonds is 5. The maximum atomic E-state index is 11.7. The van der Waals surface area contributed by atoms with Crippen molar-refractivity contribution in [2.24, 2.45) is 5.73 Å². The maximum absolute atomic E-state index is 11.7. The van der Waals surface area contributed by atoms with Gasteiger partial charge in [-0.25, -0.2) is 13.1 Å². The van der Waals surface area contributed by atoms with E-state index in [4.69, 9.17) is 10.5 Å². The van der Waals surface area contributed by atoms with Crippen LogP contribution in [-0.4, -0.2) is 29.1 Å². The van der Waals surface area contributed by atoms with Crippen LogP contribution in [-0.2, 0) is 16.4 Å². The summed E-state index contributed by atoms with van der Waals surface area (Å²) in [5.41, 5.74) is 6.11. The van der Waals surface area contributed by atoms with Gasteiger partial charge in [0.15, 0.2) is 0 Å². The monoisotopic (exact) mass is 244 g/mol. The highest BCUT2D eigenvalue weighted by Crippen LogP contribution is 2.21. The summed E-state index contributed by atoms with van der Waals surface area (Å²) in [6, 6.07) is 4.83. The smallest absolute Gasteiger partial charge is 0.240 e. The SMILES string of the molecule is CNS(=O)(=O)c1ccc(OC)cc1CCN. The Kier molecular flexibility index (Phi) is 4.28. The second-order valence-corrected chi connectivity index (χ2v) is 5.07. The van der Waals surface area contributed by atoms with Crippen molar-refractivity contribution in [2.45, 2.75) is 11.3 Å². The molecular formula is C10H16N2O3S. The van der Waals surface area contributed by atoms with E-state index in [0.717, 1.165) is 0 Å². The largest absolute Gasteiger partial charge is 0.497 e. The van der Waals surface area contributed by atoms with Crippen LogP contribution in [0.4, 0.5) is 0 Å². The Hall–Kier alpha value is -1.11. The summed E-state index contributed by atoms with van der Waals surface area (Å²) in [5.74, 6) is 0.624. The summed E-state index contributed by atoms with van der Waals surface area (Å²) >= 11 is 0. The van der Waals surface area contributed by atoms with Crippen LogP contribution in [0.5, 0.6) is 5.75 Å². The van der Waals surface area contributed by atoms with Crippen molar-refractivity contribution in [2.75, 3.05) is 20.7 Å². The average molecular weight is 244 g/mol. The van der Waals surface area contributed by atoms with E-state index in [0.29, 0.717) is 24.3 Å². The highest BCUT2D eigenvalue weighted by Gasteiger charge is 2.16. The Morgan fingerprint density at radius 3 is 2.62 bits per heavy atom. The van der Waals surface area contributed by atoms with Crippen LogP contribution in [0.25, 0.3) is 0 Å². The molecule has 0 aliphatic heterocycles. The molecule has 6 heteroatoms. The zero-order chi connectivity index (χ0) is 12.2. The first-order valence-electron chi connectivity index (χ1n) is 4.85. The summed E-state index contributed by atoms with van der Waals surface area (Å²) in [7, 11) is -0.521. The van der Waals surface area contributed by atoms with Crippen LogP contribution in [0.15, 0.2) is 23.1 Å². The third kappa shape index (κ3) is 2.72. The van der Waals surface area contributed by atoms with Crippen molar-refractivity contribution in [1.82, 2.24) is 4.72 Å². The molecule has 3 N–H and O–H groups in total. The van der Waals surface area contributed by atoms with E-state index < -0.39 is 10.0 Å². The highest BCUT2D eigenvalue weighted by molar-refractivity contribution is 7.89. The molecule has 0 amide bonds. The Balaban J connectivity index is 3.28. The van der Waals surface area contributed by atoms with Crippen LogP contribution in [0.3, 0.4) is 0 Å². The fourth-order valence-electron chi connectivity index (χ4n) is 1.41. The topological polar surface area (TPSA) is 81.4 Å². The first-order valence-corrected chi connectivity index (χ1v) is 6.34. The van der Waals surface area contributed by atoms with Crippen LogP contribution in [0.2, 0.25) is 0 Å². The average Bonchev–Trinajstić information content (AvgIpc) is 2.29. The fraction of sp³-hybridized carbons (Fsp3) is 0.400. The van der Waals surface area contributed by atoms with Crippen LogP contribution in [0, 0.1) is 0 Å². The number of ether oxygens (including phenoxy) is 1. The van der Waals surface area contributed by atoms with Gasteiger partial charge in [0, 0.05) is 0 Å². The van der Waals surface area contributed by atoms with Gasteiger partial charge in [-0.15, -0.1) is 0 Å². The van der Waals surface area contributed by atoms with Gasteiger partial charge in [-0.05, 0) is 43.8 Å². The zero-order valence-electron chi connectivity index (χ0n) is 9.36. The quantitative estimate of drug-likeness (QED) is 0.770. The van der Waals surface area contributed by atoms with Crippen LogP contribution >= 0.6 is 0 Å². The van der Waals surface area contributed by atoms with Gasteiger partial charge >= 0.3 is 0 Å². The minimum atomic E-state index is -3.44. The first kappa shape index (κ1) is 13.0. The summed E-state index contributed by atoms with van der Waals surface area (Å²) in [6.07, 6.45) is 0.493. The Bertz CT molecular complexity index is 457. The summed E-state index contributed by atoms with van der Waals surface area (Å²) < 4.78 is 30.7. The molecule has 0 spiro atoms. The van der Waals surface area contributed by atoms with Crippen molar-refractivity contribution >= 4 is 10.0 Å². The maximum Gasteiger partial charge on any atom is 0.240 e. The molecule has 0 aliphatic carbocycles. The molecule has 5 nitrogen and oxygen atoms in total. The molecule has 1 aromatic carbocycles. The third-order valence-corrected chi connectivity index (χ3v) is 3.75. The third-order valence-electron chi connectivity index (χ3n) is 2.24. The number of nitrogens with two attached hydrogens (primary N) is 1. The summed E-state index contributed by atoms with van der Waals surface area (Å²) in [4.78, 5) is 0.251. The lowest BCUT2D eigenvalue weighted by atomic mass is 10.1. The standard InChI is InChI=1S/C10H16N2O3S/c1-12-16(13,14)10-4-3-9(15-2)7-8(10)5-6-11/h3-4,7,12H,5-6,11H2,1-2H3. The fourth-order valence-corrected chi connectivity index (χ4v) is 2.38. The van der Waals surface area contributed by atoms with Crippen molar-refractivity contribution in [3.8, 4) is 5.75 Å². The van der Waals surface area contributed by atoms with Gasteiger partial charge in [-0.2, -0.15) is 0 Å². The second kappa shape index (κ2) is 5.29. The Labute approximate surface area is 95.7 Å². The predicted molar refractivity (Wildman–Crippen MR) is 62.0 cm³/mol. The summed E-state index contributed by atoms with van der Waals surface area (Å²) in [6.45, 7) is 0.388. The van der Waals surface area contributed by atoms with Gasteiger partial charge in [0.05, 0.1) is 12.0 Å². The normalized spacial score (nSPS) is 11.4. The zero-order valence-corrected chi connectivity index (χ0v) is 10.2. The highest BCUT2D eigenvalue weighted by atomic mass is 32.2. The molecule has 0 bridgehead atoms. The van der Waals surface area contributed by atoms with E-state index in [1.54, 1.807) is 12.1 Å². The minimum absolute atomic E-state index is 0.251. The molecule has 0 atom stereocenters. The molecule has 1 rings (SSSR count). The number of hydrogen-bond acceptors (Lipinski definition) is 4. The molecule has 16 heavy (non-hydrogen) atoms. The number of hydrogen-bond donors (Lipinski definition) is 2. The Morgan fingerprint density at radius 2 is 2.12 bits per heavy atom. The van der Waals surface area contributed by atoms with Gasteiger partial charge in [-0.1, -0.05) is 0 Å². The first-order chi connectivity index (χ1) is 7.55. The van der Waals surface area contributed by atoms with E-state index in [9.17, 15) is 8.42 Å². The minimum Gasteiger partial charge on any atom is -0.497 e. The molecule has 0 unspecified atom stereocenters. The molecule has 0 aromatic heterocycles. The van der Waals surface area contributed by atoms with Crippen LogP contribution < -0.4 is 15.2 Å². The van der Waals surface area contributed by atoms with Gasteiger partial charge < -0.3 is 10.5 Å². The number of benzene rings is 1. The van der Waals surface area contributed by atoms with Crippen molar-refractivity contribution in [1.29, 1.82) is 0 Å². The molecule has 0 heterocycles. The predicted octanol–water partition coefficient (Wildman–Crippen LogP) is 0.104. The van der Waals surface area contributed by atoms with E-state index in [-0.39, 0.29) is 4.90 Å². The summed E-state index contributed by atoms with van der Waals surface area (Å²) in [5, 5.41) is 0. The molecule has 0 saturated carbocycles.